The summed E-state index contributed by atoms with van der Waals surface area (Å²) in [4.78, 5) is 41.7. The summed E-state index contributed by atoms with van der Waals surface area (Å²) in [7, 11) is 0. The summed E-state index contributed by atoms with van der Waals surface area (Å²) in [6.45, 7) is 5.77. The van der Waals surface area contributed by atoms with Gasteiger partial charge in [-0.25, -0.2) is 9.97 Å². The number of rotatable bonds is 5. The minimum Gasteiger partial charge on any atom is -0.331 e. The number of anilines is 1. The number of aromatic nitrogens is 2. The van der Waals surface area contributed by atoms with Crippen molar-refractivity contribution in [2.24, 2.45) is 0 Å². The van der Waals surface area contributed by atoms with E-state index >= 15 is 0 Å². The molecule has 7 heteroatoms. The summed E-state index contributed by atoms with van der Waals surface area (Å²) in [5, 5.41) is 0. The van der Waals surface area contributed by atoms with Crippen molar-refractivity contribution in [3.63, 3.8) is 0 Å². The van der Waals surface area contributed by atoms with E-state index in [1.807, 2.05) is 42.2 Å². The number of carbonyl (C=O) groups is 2. The molecule has 1 aromatic heterocycles. The number of benzene rings is 1. The Balaban J connectivity index is 1.43. The van der Waals surface area contributed by atoms with Gasteiger partial charge in [-0.15, -0.1) is 0 Å². The molecular weight excluding hydrogens is 402 g/mol. The lowest BCUT2D eigenvalue weighted by Crippen LogP contribution is -2.40. The Hall–Kier alpha value is -2.80. The van der Waals surface area contributed by atoms with Crippen molar-refractivity contribution in [3.05, 3.63) is 53.0 Å². The first-order valence-corrected chi connectivity index (χ1v) is 11.8. The summed E-state index contributed by atoms with van der Waals surface area (Å²) in [5.41, 5.74) is 3.06. The van der Waals surface area contributed by atoms with Crippen LogP contribution in [-0.4, -0.2) is 57.8 Å². The molecule has 7 nitrogen and oxygen atoms in total. The zero-order valence-electron chi connectivity index (χ0n) is 18.8. The molecule has 0 radical (unpaired) electrons. The van der Waals surface area contributed by atoms with E-state index in [1.54, 1.807) is 4.90 Å². The van der Waals surface area contributed by atoms with Gasteiger partial charge >= 0.3 is 0 Å². The molecule has 1 aromatic carbocycles. The zero-order chi connectivity index (χ0) is 22.1. The lowest BCUT2D eigenvalue weighted by atomic mass is 10.0. The highest BCUT2D eigenvalue weighted by Crippen LogP contribution is 2.35. The van der Waals surface area contributed by atoms with Crippen LogP contribution in [0.3, 0.4) is 0 Å². The van der Waals surface area contributed by atoms with E-state index in [2.05, 4.69) is 4.90 Å². The van der Waals surface area contributed by atoms with Crippen LogP contribution in [-0.2, 0) is 22.6 Å². The second-order valence-electron chi connectivity index (χ2n) is 9.16. The van der Waals surface area contributed by atoms with Crippen LogP contribution in [0, 0.1) is 6.92 Å². The molecule has 0 spiro atoms. The van der Waals surface area contributed by atoms with Crippen molar-refractivity contribution >= 4 is 17.6 Å². The van der Waals surface area contributed by atoms with Crippen LogP contribution in [0.25, 0.3) is 0 Å². The number of hydrogen-bond acceptors (Lipinski definition) is 5. The Morgan fingerprint density at radius 1 is 1.03 bits per heavy atom. The normalized spacial score (nSPS) is 21.3. The van der Waals surface area contributed by atoms with Gasteiger partial charge in [0.1, 0.15) is 5.82 Å². The van der Waals surface area contributed by atoms with Gasteiger partial charge in [-0.1, -0.05) is 30.3 Å². The summed E-state index contributed by atoms with van der Waals surface area (Å²) in [6, 6.07) is 9.92. The standard InChI is InChI=1S/C25H31N5O2/c1-18-20-11-12-22(31)30(16-19-8-3-2-4-9-19)25(20)27-24(26-18)21-10-7-15-29(21)23(32)17-28-13-5-6-14-28/h2-4,8-9,21H,5-7,10-17H2,1H3/t21-/m0/s1. The van der Waals surface area contributed by atoms with Gasteiger partial charge in [0, 0.05) is 24.2 Å². The maximum atomic E-state index is 13.1. The van der Waals surface area contributed by atoms with E-state index in [-0.39, 0.29) is 17.9 Å². The van der Waals surface area contributed by atoms with Crippen molar-refractivity contribution < 1.29 is 9.59 Å². The van der Waals surface area contributed by atoms with Crippen molar-refractivity contribution in [3.8, 4) is 0 Å². The molecular formula is C25H31N5O2. The molecule has 3 aliphatic heterocycles. The third kappa shape index (κ3) is 4.13. The molecule has 0 unspecified atom stereocenters. The Morgan fingerprint density at radius 2 is 1.81 bits per heavy atom. The fraction of sp³-hybridized carbons (Fsp3) is 0.520. The highest BCUT2D eigenvalue weighted by molar-refractivity contribution is 5.95. The Kier molecular flexibility index (Phi) is 5.91. The predicted octanol–water partition coefficient (Wildman–Crippen LogP) is 3.02. The highest BCUT2D eigenvalue weighted by atomic mass is 16.2. The van der Waals surface area contributed by atoms with Crippen molar-refractivity contribution in [1.82, 2.24) is 19.8 Å². The van der Waals surface area contributed by atoms with Crippen LogP contribution in [0.2, 0.25) is 0 Å². The van der Waals surface area contributed by atoms with Crippen molar-refractivity contribution in [2.75, 3.05) is 31.1 Å². The van der Waals surface area contributed by atoms with E-state index in [1.165, 1.54) is 12.8 Å². The largest absolute Gasteiger partial charge is 0.331 e. The smallest absolute Gasteiger partial charge is 0.237 e. The molecule has 2 aromatic rings. The first kappa shape index (κ1) is 21.1. The number of hydrogen-bond donors (Lipinski definition) is 0. The molecule has 2 amide bonds. The molecule has 2 fully saturated rings. The summed E-state index contributed by atoms with van der Waals surface area (Å²) in [6.07, 6.45) is 5.34. The SMILES string of the molecule is Cc1nc([C@@H]2CCCN2C(=O)CN2CCCC2)nc2c1CCC(=O)N2Cc1ccccc1. The van der Waals surface area contributed by atoms with Gasteiger partial charge in [0.05, 0.1) is 19.1 Å². The first-order chi connectivity index (χ1) is 15.6. The van der Waals surface area contributed by atoms with E-state index < -0.39 is 0 Å². The molecule has 3 aliphatic rings. The van der Waals surface area contributed by atoms with E-state index in [0.717, 1.165) is 55.1 Å². The second kappa shape index (κ2) is 8.98. The van der Waals surface area contributed by atoms with Gasteiger partial charge < -0.3 is 4.90 Å². The minimum atomic E-state index is -0.107. The van der Waals surface area contributed by atoms with Gasteiger partial charge in [0.15, 0.2) is 5.82 Å². The maximum Gasteiger partial charge on any atom is 0.237 e. The highest BCUT2D eigenvalue weighted by Gasteiger charge is 2.35. The van der Waals surface area contributed by atoms with Crippen molar-refractivity contribution in [1.29, 1.82) is 0 Å². The van der Waals surface area contributed by atoms with Gasteiger partial charge in [-0.05, 0) is 57.7 Å². The lowest BCUT2D eigenvalue weighted by molar-refractivity contribution is -0.133. The molecule has 0 N–H and O–H groups in total. The fourth-order valence-corrected chi connectivity index (χ4v) is 5.24. The molecule has 0 saturated carbocycles. The van der Waals surface area contributed by atoms with E-state index in [0.29, 0.717) is 31.8 Å². The fourth-order valence-electron chi connectivity index (χ4n) is 5.24. The first-order valence-electron chi connectivity index (χ1n) is 11.8. The van der Waals surface area contributed by atoms with Gasteiger partial charge in [0.25, 0.3) is 0 Å². The Labute approximate surface area is 189 Å². The molecule has 168 valence electrons. The molecule has 2 saturated heterocycles. The monoisotopic (exact) mass is 433 g/mol. The summed E-state index contributed by atoms with van der Waals surface area (Å²) < 4.78 is 0. The topological polar surface area (TPSA) is 69.6 Å². The third-order valence-electron chi connectivity index (χ3n) is 6.97. The molecule has 5 rings (SSSR count). The van der Waals surface area contributed by atoms with Crippen LogP contribution in [0.4, 0.5) is 5.82 Å². The quantitative estimate of drug-likeness (QED) is 0.725. The van der Waals surface area contributed by atoms with E-state index in [9.17, 15) is 9.59 Å². The molecule has 0 bridgehead atoms. The van der Waals surface area contributed by atoms with Gasteiger partial charge in [-0.3, -0.25) is 19.4 Å². The maximum absolute atomic E-state index is 13.1. The number of nitrogens with zero attached hydrogens (tertiary/aromatic N) is 5. The minimum absolute atomic E-state index is 0.0961. The Bertz CT molecular complexity index is 1000. The summed E-state index contributed by atoms with van der Waals surface area (Å²) >= 11 is 0. The average Bonchev–Trinajstić information content (AvgIpc) is 3.48. The van der Waals surface area contributed by atoms with Crippen LogP contribution in [0.15, 0.2) is 30.3 Å². The van der Waals surface area contributed by atoms with Crippen LogP contribution < -0.4 is 4.90 Å². The van der Waals surface area contributed by atoms with Gasteiger partial charge in [0.2, 0.25) is 11.8 Å². The Morgan fingerprint density at radius 3 is 2.59 bits per heavy atom. The molecule has 32 heavy (non-hydrogen) atoms. The number of carbonyl (C=O) groups excluding carboxylic acids is 2. The molecule has 1 atom stereocenters. The van der Waals surface area contributed by atoms with Crippen LogP contribution in [0.5, 0.6) is 0 Å². The number of amides is 2. The lowest BCUT2D eigenvalue weighted by Gasteiger charge is -2.31. The zero-order valence-corrected chi connectivity index (χ0v) is 18.8. The van der Waals surface area contributed by atoms with Crippen molar-refractivity contribution in [2.45, 2.75) is 58.0 Å². The summed E-state index contributed by atoms with van der Waals surface area (Å²) in [5.74, 6) is 1.68. The number of fused-ring (bicyclic) bond motifs is 1. The number of likely N-dealkylation sites (tertiary alicyclic amines) is 2. The van der Waals surface area contributed by atoms with Crippen LogP contribution >= 0.6 is 0 Å². The number of aryl methyl sites for hydroxylation is 1. The molecule has 4 heterocycles. The molecule has 0 aliphatic carbocycles. The van der Waals surface area contributed by atoms with Gasteiger partial charge in [-0.2, -0.15) is 0 Å². The third-order valence-corrected chi connectivity index (χ3v) is 6.97. The van der Waals surface area contributed by atoms with E-state index in [4.69, 9.17) is 9.97 Å². The average molecular weight is 434 g/mol. The second-order valence-corrected chi connectivity index (χ2v) is 9.16. The predicted molar refractivity (Wildman–Crippen MR) is 122 cm³/mol. The van der Waals surface area contributed by atoms with Crippen LogP contribution in [0.1, 0.15) is 60.8 Å².